The zero-order valence-electron chi connectivity index (χ0n) is 12.6. The molecule has 1 aliphatic heterocycles. The summed E-state index contributed by atoms with van der Waals surface area (Å²) in [5.41, 5.74) is 0.695. The normalized spacial score (nSPS) is 16.8. The SMILES string of the molecule is CC(C)NC1CCN(c2cc(=O)n3ccccc3n2)CC1. The number of piperidine rings is 1. The Kier molecular flexibility index (Phi) is 3.92. The number of hydrogen-bond acceptors (Lipinski definition) is 4. The van der Waals surface area contributed by atoms with E-state index in [9.17, 15) is 4.79 Å². The summed E-state index contributed by atoms with van der Waals surface area (Å²) in [4.78, 5) is 19.0. The predicted molar refractivity (Wildman–Crippen MR) is 85.0 cm³/mol. The van der Waals surface area contributed by atoms with Crippen molar-refractivity contribution in [2.24, 2.45) is 0 Å². The molecule has 0 spiro atoms. The lowest BCUT2D eigenvalue weighted by molar-refractivity contribution is 0.386. The lowest BCUT2D eigenvalue weighted by Gasteiger charge is -2.34. The van der Waals surface area contributed by atoms with Gasteiger partial charge in [0.15, 0.2) is 0 Å². The maximum Gasteiger partial charge on any atom is 0.259 e. The van der Waals surface area contributed by atoms with Crippen LogP contribution >= 0.6 is 0 Å². The second-order valence-corrected chi connectivity index (χ2v) is 5.96. The Bertz CT molecular complexity index is 671. The van der Waals surface area contributed by atoms with E-state index in [1.165, 1.54) is 0 Å². The van der Waals surface area contributed by atoms with Gasteiger partial charge in [-0.05, 0) is 25.0 Å². The molecule has 0 unspecified atom stereocenters. The van der Waals surface area contributed by atoms with Crippen LogP contribution in [0.2, 0.25) is 0 Å². The van der Waals surface area contributed by atoms with Crippen molar-refractivity contribution < 1.29 is 0 Å². The summed E-state index contributed by atoms with van der Waals surface area (Å²) < 4.78 is 1.58. The molecule has 1 saturated heterocycles. The number of pyridine rings is 1. The highest BCUT2D eigenvalue weighted by molar-refractivity contribution is 5.48. The topological polar surface area (TPSA) is 49.6 Å². The average Bonchev–Trinajstić information content (AvgIpc) is 2.47. The molecule has 5 heteroatoms. The molecule has 0 radical (unpaired) electrons. The fourth-order valence-corrected chi connectivity index (χ4v) is 2.95. The van der Waals surface area contributed by atoms with Crippen molar-refractivity contribution in [3.63, 3.8) is 0 Å². The molecule has 2 aromatic rings. The van der Waals surface area contributed by atoms with Crippen LogP contribution in [0.4, 0.5) is 5.82 Å². The third-order valence-corrected chi connectivity index (χ3v) is 3.95. The molecule has 1 N–H and O–H groups in total. The lowest BCUT2D eigenvalue weighted by Crippen LogP contribution is -2.45. The maximum atomic E-state index is 12.1. The molecular weight excluding hydrogens is 264 g/mol. The first-order valence-electron chi connectivity index (χ1n) is 7.63. The van der Waals surface area contributed by atoms with Gasteiger partial charge in [-0.1, -0.05) is 19.9 Å². The standard InChI is InChI=1S/C16H22N4O/c1-12(2)17-13-6-9-19(10-7-13)15-11-16(21)20-8-4-3-5-14(20)18-15/h3-5,8,11-13,17H,6-7,9-10H2,1-2H3. The van der Waals surface area contributed by atoms with Crippen molar-refractivity contribution in [1.29, 1.82) is 0 Å². The summed E-state index contributed by atoms with van der Waals surface area (Å²) in [6, 6.07) is 8.36. The Balaban J connectivity index is 1.78. The number of hydrogen-bond donors (Lipinski definition) is 1. The molecule has 0 amide bonds. The summed E-state index contributed by atoms with van der Waals surface area (Å²) in [5, 5.41) is 3.58. The van der Waals surface area contributed by atoms with E-state index < -0.39 is 0 Å². The molecule has 1 fully saturated rings. The Labute approximate surface area is 124 Å². The van der Waals surface area contributed by atoms with Gasteiger partial charge >= 0.3 is 0 Å². The molecule has 0 atom stereocenters. The molecule has 0 saturated carbocycles. The van der Waals surface area contributed by atoms with Crippen LogP contribution in [0.1, 0.15) is 26.7 Å². The van der Waals surface area contributed by atoms with E-state index in [0.29, 0.717) is 17.7 Å². The van der Waals surface area contributed by atoms with E-state index in [2.05, 4.69) is 29.0 Å². The van der Waals surface area contributed by atoms with E-state index in [1.807, 2.05) is 18.2 Å². The summed E-state index contributed by atoms with van der Waals surface area (Å²) in [7, 11) is 0. The molecule has 3 rings (SSSR count). The van der Waals surface area contributed by atoms with Crippen molar-refractivity contribution in [2.75, 3.05) is 18.0 Å². The van der Waals surface area contributed by atoms with Gasteiger partial charge in [0.25, 0.3) is 5.56 Å². The Morgan fingerprint density at radius 1 is 1.29 bits per heavy atom. The summed E-state index contributed by atoms with van der Waals surface area (Å²) >= 11 is 0. The predicted octanol–water partition coefficient (Wildman–Crippen LogP) is 1.66. The first-order chi connectivity index (χ1) is 10.1. The van der Waals surface area contributed by atoms with Crippen LogP contribution < -0.4 is 15.8 Å². The number of aromatic nitrogens is 2. The molecule has 0 aromatic carbocycles. The van der Waals surface area contributed by atoms with E-state index in [-0.39, 0.29) is 5.56 Å². The minimum Gasteiger partial charge on any atom is -0.356 e. The monoisotopic (exact) mass is 286 g/mol. The van der Waals surface area contributed by atoms with E-state index >= 15 is 0 Å². The number of rotatable bonds is 3. The van der Waals surface area contributed by atoms with Gasteiger partial charge in [0.2, 0.25) is 0 Å². The highest BCUT2D eigenvalue weighted by Gasteiger charge is 2.21. The van der Waals surface area contributed by atoms with E-state index in [1.54, 1.807) is 16.7 Å². The van der Waals surface area contributed by atoms with Gasteiger partial charge in [0, 0.05) is 37.4 Å². The van der Waals surface area contributed by atoms with Crippen LogP contribution in [0.5, 0.6) is 0 Å². The van der Waals surface area contributed by atoms with Crippen LogP contribution in [0.25, 0.3) is 5.65 Å². The minimum absolute atomic E-state index is 0.0157. The first-order valence-corrected chi connectivity index (χ1v) is 7.63. The van der Waals surface area contributed by atoms with Crippen molar-refractivity contribution in [2.45, 2.75) is 38.8 Å². The van der Waals surface area contributed by atoms with Crippen molar-refractivity contribution >= 4 is 11.5 Å². The highest BCUT2D eigenvalue weighted by atomic mass is 16.1. The van der Waals surface area contributed by atoms with Gasteiger partial charge in [0.1, 0.15) is 11.5 Å². The molecule has 0 aliphatic carbocycles. The van der Waals surface area contributed by atoms with Crippen LogP contribution in [0.3, 0.4) is 0 Å². The number of nitrogens with one attached hydrogen (secondary N) is 1. The molecule has 3 heterocycles. The number of anilines is 1. The van der Waals surface area contributed by atoms with E-state index in [0.717, 1.165) is 31.7 Å². The third-order valence-electron chi connectivity index (χ3n) is 3.95. The molecule has 5 nitrogen and oxygen atoms in total. The smallest absolute Gasteiger partial charge is 0.259 e. The van der Waals surface area contributed by atoms with Crippen LogP contribution in [-0.2, 0) is 0 Å². The first kappa shape index (κ1) is 14.1. The van der Waals surface area contributed by atoms with Gasteiger partial charge in [0.05, 0.1) is 0 Å². The van der Waals surface area contributed by atoms with E-state index in [4.69, 9.17) is 0 Å². The van der Waals surface area contributed by atoms with Gasteiger partial charge in [-0.15, -0.1) is 0 Å². The Hall–Kier alpha value is -1.88. The second kappa shape index (κ2) is 5.85. The number of nitrogens with zero attached hydrogens (tertiary/aromatic N) is 3. The lowest BCUT2D eigenvalue weighted by atomic mass is 10.0. The zero-order chi connectivity index (χ0) is 14.8. The number of fused-ring (bicyclic) bond motifs is 1. The summed E-state index contributed by atoms with van der Waals surface area (Å²) in [6.45, 7) is 6.25. The fourth-order valence-electron chi connectivity index (χ4n) is 2.95. The van der Waals surface area contributed by atoms with Gasteiger partial charge in [-0.2, -0.15) is 0 Å². The minimum atomic E-state index is -0.0157. The fraction of sp³-hybridized carbons (Fsp3) is 0.500. The quantitative estimate of drug-likeness (QED) is 0.932. The van der Waals surface area contributed by atoms with Crippen LogP contribution in [-0.4, -0.2) is 34.6 Å². The van der Waals surface area contributed by atoms with Crippen LogP contribution in [0, 0.1) is 0 Å². The van der Waals surface area contributed by atoms with Gasteiger partial charge in [-0.3, -0.25) is 9.20 Å². The van der Waals surface area contributed by atoms with Gasteiger partial charge in [-0.25, -0.2) is 4.98 Å². The average molecular weight is 286 g/mol. The van der Waals surface area contributed by atoms with Crippen LogP contribution in [0.15, 0.2) is 35.3 Å². The molecule has 0 bridgehead atoms. The summed E-state index contributed by atoms with van der Waals surface area (Å²) in [5.74, 6) is 0.800. The Morgan fingerprint density at radius 3 is 2.76 bits per heavy atom. The largest absolute Gasteiger partial charge is 0.356 e. The molecule has 112 valence electrons. The molecular formula is C16H22N4O. The molecule has 1 aliphatic rings. The van der Waals surface area contributed by atoms with Crippen molar-refractivity contribution in [1.82, 2.24) is 14.7 Å². The van der Waals surface area contributed by atoms with Gasteiger partial charge < -0.3 is 10.2 Å². The maximum absolute atomic E-state index is 12.1. The molecule has 2 aromatic heterocycles. The summed E-state index contributed by atoms with van der Waals surface area (Å²) in [6.07, 6.45) is 3.94. The second-order valence-electron chi connectivity index (χ2n) is 5.96. The molecule has 21 heavy (non-hydrogen) atoms. The zero-order valence-corrected chi connectivity index (χ0v) is 12.6. The third kappa shape index (κ3) is 3.08. The Morgan fingerprint density at radius 2 is 2.05 bits per heavy atom. The van der Waals surface area contributed by atoms with Crippen molar-refractivity contribution in [3.8, 4) is 0 Å². The highest BCUT2D eigenvalue weighted by Crippen LogP contribution is 2.17. The van der Waals surface area contributed by atoms with Crippen molar-refractivity contribution in [3.05, 3.63) is 40.8 Å².